The highest BCUT2D eigenvalue weighted by molar-refractivity contribution is 5.66. The summed E-state index contributed by atoms with van der Waals surface area (Å²) in [4.78, 5) is 0. The van der Waals surface area contributed by atoms with Crippen LogP contribution in [0.25, 0.3) is 11.1 Å². The lowest BCUT2D eigenvalue weighted by molar-refractivity contribution is -0.275. The molecule has 0 saturated carbocycles. The summed E-state index contributed by atoms with van der Waals surface area (Å²) in [6, 6.07) is 6.69. The molecular formula is C26H19F9O3. The van der Waals surface area contributed by atoms with E-state index in [9.17, 15) is 39.5 Å². The van der Waals surface area contributed by atoms with Gasteiger partial charge in [0.2, 0.25) is 5.82 Å². The zero-order valence-corrected chi connectivity index (χ0v) is 19.5. The molecule has 0 aliphatic heterocycles. The van der Waals surface area contributed by atoms with Crippen LogP contribution < -0.4 is 14.2 Å². The quantitative estimate of drug-likeness (QED) is 0.188. The summed E-state index contributed by atoms with van der Waals surface area (Å²) >= 11 is 0. The number of aryl methyl sites for hydroxylation is 1. The van der Waals surface area contributed by atoms with Gasteiger partial charge in [-0.05, 0) is 61.2 Å². The Kier molecular flexibility index (Phi) is 8.85. The second-order valence-electron chi connectivity index (χ2n) is 7.82. The van der Waals surface area contributed by atoms with Gasteiger partial charge in [-0.2, -0.15) is 13.2 Å². The van der Waals surface area contributed by atoms with Gasteiger partial charge in [0.1, 0.15) is 11.6 Å². The number of hydrogen-bond acceptors (Lipinski definition) is 3. The third-order valence-corrected chi connectivity index (χ3v) is 5.01. The van der Waals surface area contributed by atoms with Gasteiger partial charge in [0, 0.05) is 11.6 Å². The molecule has 0 aliphatic carbocycles. The van der Waals surface area contributed by atoms with Crippen LogP contribution in [0.1, 0.15) is 18.9 Å². The summed E-state index contributed by atoms with van der Waals surface area (Å²) in [7, 11) is 0. The van der Waals surface area contributed by atoms with Crippen molar-refractivity contribution in [2.24, 2.45) is 0 Å². The van der Waals surface area contributed by atoms with Crippen molar-refractivity contribution in [3.63, 3.8) is 0 Å². The highest BCUT2D eigenvalue weighted by Crippen LogP contribution is 2.33. The molecule has 3 nitrogen and oxygen atoms in total. The monoisotopic (exact) mass is 550 g/mol. The Morgan fingerprint density at radius 1 is 0.763 bits per heavy atom. The number of benzene rings is 3. The van der Waals surface area contributed by atoms with E-state index in [4.69, 9.17) is 0 Å². The molecule has 0 bridgehead atoms. The predicted molar refractivity (Wildman–Crippen MR) is 119 cm³/mol. The van der Waals surface area contributed by atoms with E-state index in [0.717, 1.165) is 24.3 Å². The number of alkyl halides is 5. The molecule has 0 saturated heterocycles. The van der Waals surface area contributed by atoms with E-state index in [1.807, 2.05) is 0 Å². The van der Waals surface area contributed by atoms with E-state index < -0.39 is 59.6 Å². The number of rotatable bonds is 10. The Hall–Kier alpha value is -3.83. The fourth-order valence-corrected chi connectivity index (χ4v) is 3.31. The number of hydrogen-bond donors (Lipinski definition) is 0. The van der Waals surface area contributed by atoms with Crippen molar-refractivity contribution in [3.05, 3.63) is 89.5 Å². The first-order valence-corrected chi connectivity index (χ1v) is 10.9. The van der Waals surface area contributed by atoms with Gasteiger partial charge in [0.25, 0.3) is 0 Å². The molecule has 3 aromatic rings. The smallest absolute Gasteiger partial charge is 0.480 e. The van der Waals surface area contributed by atoms with Crippen LogP contribution in [0, 0.1) is 23.3 Å². The number of allylic oxidation sites excluding steroid dienone is 2. The lowest BCUT2D eigenvalue weighted by Crippen LogP contribution is -2.32. The van der Waals surface area contributed by atoms with E-state index in [0.29, 0.717) is 24.6 Å². The van der Waals surface area contributed by atoms with E-state index in [1.54, 1.807) is 19.1 Å². The average molecular weight is 550 g/mol. The van der Waals surface area contributed by atoms with Gasteiger partial charge < -0.3 is 14.2 Å². The third kappa shape index (κ3) is 7.59. The highest BCUT2D eigenvalue weighted by Gasteiger charge is 2.34. The van der Waals surface area contributed by atoms with Crippen LogP contribution >= 0.6 is 0 Å². The Morgan fingerprint density at radius 2 is 1.47 bits per heavy atom. The van der Waals surface area contributed by atoms with Crippen molar-refractivity contribution >= 4 is 0 Å². The first kappa shape index (κ1) is 28.7. The van der Waals surface area contributed by atoms with Crippen LogP contribution in [-0.4, -0.2) is 19.1 Å². The topological polar surface area (TPSA) is 27.7 Å². The second kappa shape index (κ2) is 11.7. The Balaban J connectivity index is 1.68. The molecule has 0 unspecified atom stereocenters. The SMILES string of the molecule is C/C=C/CCc1ccc(OCC(F)(F)Oc2ccc(-c3ccc(OC(F)(F)F)c(F)c3)c(F)c2)c(F)c1F. The van der Waals surface area contributed by atoms with Crippen molar-refractivity contribution in [2.45, 2.75) is 32.2 Å². The molecule has 0 fully saturated rings. The van der Waals surface area contributed by atoms with Crippen LogP contribution in [0.4, 0.5) is 39.5 Å². The van der Waals surface area contributed by atoms with Crippen molar-refractivity contribution in [1.29, 1.82) is 0 Å². The minimum absolute atomic E-state index is 0.0360. The standard InChI is InChI=1S/C26H19F9O3/c1-2-3-4-5-15-6-11-22(24(30)23(15)29)36-14-25(31,32)37-17-8-9-18(19(27)13-17)16-7-10-21(20(28)12-16)38-26(33,34)35/h2-3,6-13H,4-5,14H2,1H3/b3-2+. The number of ether oxygens (including phenoxy) is 3. The zero-order valence-electron chi connectivity index (χ0n) is 19.5. The Bertz CT molecular complexity index is 1300. The average Bonchev–Trinajstić information content (AvgIpc) is 2.82. The molecule has 3 rings (SSSR count). The molecule has 0 radical (unpaired) electrons. The van der Waals surface area contributed by atoms with Gasteiger partial charge in [-0.15, -0.1) is 13.2 Å². The fourth-order valence-electron chi connectivity index (χ4n) is 3.31. The van der Waals surface area contributed by atoms with Crippen LogP contribution in [0.2, 0.25) is 0 Å². The van der Waals surface area contributed by atoms with Gasteiger partial charge in [-0.1, -0.05) is 24.3 Å². The molecule has 38 heavy (non-hydrogen) atoms. The van der Waals surface area contributed by atoms with Crippen LogP contribution in [-0.2, 0) is 6.42 Å². The molecule has 204 valence electrons. The maximum absolute atomic E-state index is 14.5. The fraction of sp³-hybridized carbons (Fsp3) is 0.231. The van der Waals surface area contributed by atoms with Crippen molar-refractivity contribution in [2.75, 3.05) is 6.61 Å². The van der Waals surface area contributed by atoms with Gasteiger partial charge >= 0.3 is 12.5 Å². The molecule has 0 aliphatic rings. The summed E-state index contributed by atoms with van der Waals surface area (Å²) in [5.41, 5.74) is -0.502. The summed E-state index contributed by atoms with van der Waals surface area (Å²) in [6.45, 7) is 0.218. The molecule has 0 heterocycles. The minimum Gasteiger partial charge on any atom is -0.480 e. The molecule has 0 N–H and O–H groups in total. The van der Waals surface area contributed by atoms with E-state index in [2.05, 4.69) is 14.2 Å². The molecule has 3 aromatic carbocycles. The maximum Gasteiger partial charge on any atom is 0.573 e. The van der Waals surface area contributed by atoms with E-state index in [1.165, 1.54) is 6.07 Å². The lowest BCUT2D eigenvalue weighted by atomic mass is 10.0. The summed E-state index contributed by atoms with van der Waals surface area (Å²) in [5, 5.41) is 0. The summed E-state index contributed by atoms with van der Waals surface area (Å²) < 4.78 is 135. The summed E-state index contributed by atoms with van der Waals surface area (Å²) in [6.07, 6.45) is -5.13. The van der Waals surface area contributed by atoms with E-state index in [-0.39, 0.29) is 23.1 Å². The Labute approximate surface area is 211 Å². The maximum atomic E-state index is 14.5. The second-order valence-corrected chi connectivity index (χ2v) is 7.82. The van der Waals surface area contributed by atoms with Gasteiger partial charge in [0.15, 0.2) is 29.7 Å². The van der Waals surface area contributed by atoms with Crippen molar-refractivity contribution in [3.8, 4) is 28.4 Å². The first-order chi connectivity index (χ1) is 17.8. The summed E-state index contributed by atoms with van der Waals surface area (Å²) in [5.74, 6) is -7.88. The van der Waals surface area contributed by atoms with E-state index >= 15 is 0 Å². The number of halogens is 9. The third-order valence-electron chi connectivity index (χ3n) is 5.01. The lowest BCUT2D eigenvalue weighted by Gasteiger charge is -2.19. The van der Waals surface area contributed by atoms with Crippen LogP contribution in [0.5, 0.6) is 17.2 Å². The molecule has 0 atom stereocenters. The van der Waals surface area contributed by atoms with Gasteiger partial charge in [-0.25, -0.2) is 13.2 Å². The van der Waals surface area contributed by atoms with Crippen molar-refractivity contribution < 1.29 is 53.7 Å². The Morgan fingerprint density at radius 3 is 2.11 bits per heavy atom. The highest BCUT2D eigenvalue weighted by atomic mass is 19.4. The van der Waals surface area contributed by atoms with Gasteiger partial charge in [-0.3, -0.25) is 0 Å². The minimum atomic E-state index is -5.14. The normalized spacial score (nSPS) is 12.2. The molecule has 0 spiro atoms. The molecule has 0 aromatic heterocycles. The largest absolute Gasteiger partial charge is 0.573 e. The predicted octanol–water partition coefficient (Wildman–Crippen LogP) is 8.37. The van der Waals surface area contributed by atoms with Crippen LogP contribution in [0.15, 0.2) is 60.7 Å². The molecule has 0 amide bonds. The molecule has 12 heteroatoms. The van der Waals surface area contributed by atoms with Gasteiger partial charge in [0.05, 0.1) is 0 Å². The molecular weight excluding hydrogens is 531 g/mol. The zero-order chi connectivity index (χ0) is 28.1. The van der Waals surface area contributed by atoms with Crippen molar-refractivity contribution in [1.82, 2.24) is 0 Å². The first-order valence-electron chi connectivity index (χ1n) is 10.9. The van der Waals surface area contributed by atoms with Crippen LogP contribution in [0.3, 0.4) is 0 Å².